The van der Waals surface area contributed by atoms with Crippen molar-refractivity contribution in [3.63, 3.8) is 0 Å². The van der Waals surface area contributed by atoms with Crippen LogP contribution in [0.5, 0.6) is 0 Å². The highest BCUT2D eigenvalue weighted by Gasteiger charge is 2.35. The maximum atomic E-state index is 13.3. The summed E-state index contributed by atoms with van der Waals surface area (Å²) in [5.74, 6) is -0.546. The normalized spacial score (nSPS) is 15.8. The lowest BCUT2D eigenvalue weighted by Gasteiger charge is -2.26. The van der Waals surface area contributed by atoms with Gasteiger partial charge in [0, 0.05) is 17.3 Å². The van der Waals surface area contributed by atoms with Crippen LogP contribution in [-0.2, 0) is 20.9 Å². The molecule has 38 heavy (non-hydrogen) atoms. The van der Waals surface area contributed by atoms with Crippen molar-refractivity contribution in [1.82, 2.24) is 20.5 Å². The molecular formula is C30H30N4O4. The van der Waals surface area contributed by atoms with Crippen LogP contribution < -0.4 is 10.6 Å². The molecule has 5 rings (SSSR count). The van der Waals surface area contributed by atoms with Gasteiger partial charge in [0.2, 0.25) is 11.8 Å². The fourth-order valence-corrected chi connectivity index (χ4v) is 5.00. The Bertz CT molecular complexity index is 1470. The van der Waals surface area contributed by atoms with E-state index in [9.17, 15) is 14.4 Å². The largest absolute Gasteiger partial charge is 0.445 e. The number of hydrogen-bond donors (Lipinski definition) is 2. The van der Waals surface area contributed by atoms with Gasteiger partial charge in [0.1, 0.15) is 19.2 Å². The van der Waals surface area contributed by atoms with Gasteiger partial charge < -0.3 is 20.3 Å². The minimum absolute atomic E-state index is 0.116. The second kappa shape index (κ2) is 11.3. The van der Waals surface area contributed by atoms with E-state index in [0.29, 0.717) is 19.4 Å². The van der Waals surface area contributed by atoms with Crippen molar-refractivity contribution >= 4 is 39.6 Å². The van der Waals surface area contributed by atoms with Gasteiger partial charge in [-0.1, -0.05) is 72.8 Å². The van der Waals surface area contributed by atoms with Crippen LogP contribution in [-0.4, -0.2) is 46.9 Å². The van der Waals surface area contributed by atoms with Gasteiger partial charge in [0.25, 0.3) is 0 Å². The summed E-state index contributed by atoms with van der Waals surface area (Å²) in [6, 6.07) is 24.3. The molecule has 2 N–H and O–H groups in total. The van der Waals surface area contributed by atoms with Crippen LogP contribution in [0.2, 0.25) is 0 Å². The minimum Gasteiger partial charge on any atom is -0.445 e. The second-order valence-electron chi connectivity index (χ2n) is 9.45. The van der Waals surface area contributed by atoms with Gasteiger partial charge >= 0.3 is 6.09 Å². The molecule has 0 bridgehead atoms. The molecule has 8 heteroatoms. The average Bonchev–Trinajstić information content (AvgIpc) is 3.45. The lowest BCUT2D eigenvalue weighted by atomic mass is 10.0. The molecule has 1 fully saturated rings. The SMILES string of the molecule is C[C@H](NC(=O)[C@@H]1CCCN1C(=O)CNC(=O)OCc1ccccc1)c1nc2ccccc2c2ccccc12. The van der Waals surface area contributed by atoms with Gasteiger partial charge in [0.05, 0.1) is 17.3 Å². The molecule has 0 aliphatic carbocycles. The van der Waals surface area contributed by atoms with Gasteiger partial charge in [-0.05, 0) is 36.8 Å². The summed E-state index contributed by atoms with van der Waals surface area (Å²) in [6.45, 7) is 2.25. The van der Waals surface area contributed by atoms with Crippen LogP contribution in [0.1, 0.15) is 37.1 Å². The topological polar surface area (TPSA) is 101 Å². The van der Waals surface area contributed by atoms with Crippen molar-refractivity contribution in [3.8, 4) is 0 Å². The number of aromatic nitrogens is 1. The number of alkyl carbamates (subject to hydrolysis) is 1. The fourth-order valence-electron chi connectivity index (χ4n) is 5.00. The maximum Gasteiger partial charge on any atom is 0.407 e. The number of nitrogens with zero attached hydrogens (tertiary/aromatic N) is 2. The minimum atomic E-state index is -0.676. The van der Waals surface area contributed by atoms with Gasteiger partial charge in [-0.2, -0.15) is 0 Å². The first kappa shape index (κ1) is 25.2. The molecule has 1 aliphatic heterocycles. The number of para-hydroxylation sites is 1. The molecule has 4 aromatic rings. The van der Waals surface area contributed by atoms with Crippen molar-refractivity contribution in [1.29, 1.82) is 0 Å². The van der Waals surface area contributed by atoms with E-state index in [1.807, 2.05) is 79.7 Å². The average molecular weight is 511 g/mol. The van der Waals surface area contributed by atoms with Gasteiger partial charge in [-0.3, -0.25) is 9.59 Å². The zero-order chi connectivity index (χ0) is 26.5. The van der Waals surface area contributed by atoms with Crippen molar-refractivity contribution in [2.75, 3.05) is 13.1 Å². The molecule has 1 aliphatic rings. The van der Waals surface area contributed by atoms with E-state index >= 15 is 0 Å². The molecule has 1 saturated heterocycles. The number of hydrogen-bond acceptors (Lipinski definition) is 5. The number of carbonyl (C=O) groups excluding carboxylic acids is 3. The molecule has 0 unspecified atom stereocenters. The zero-order valence-corrected chi connectivity index (χ0v) is 21.2. The smallest absolute Gasteiger partial charge is 0.407 e. The standard InChI is InChI=1S/C30H30N4O4/c1-20(28-24-14-6-5-12-22(24)23-13-7-8-15-25(23)33-28)32-29(36)26-16-9-17-34(26)27(35)18-31-30(37)38-19-21-10-3-2-4-11-21/h2-8,10-15,20,26H,9,16-19H2,1H3,(H,31,37)(H,32,36)/t20-,26-/m0/s1. The fraction of sp³-hybridized carbons (Fsp3) is 0.267. The van der Waals surface area contributed by atoms with Crippen LogP contribution >= 0.6 is 0 Å². The first-order chi connectivity index (χ1) is 18.5. The van der Waals surface area contributed by atoms with E-state index in [1.54, 1.807) is 0 Å². The van der Waals surface area contributed by atoms with E-state index in [2.05, 4.69) is 16.7 Å². The summed E-state index contributed by atoms with van der Waals surface area (Å²) in [5.41, 5.74) is 2.50. The Labute approximate surface area is 221 Å². The van der Waals surface area contributed by atoms with Gasteiger partial charge in [-0.15, -0.1) is 0 Å². The van der Waals surface area contributed by atoms with Crippen molar-refractivity contribution in [3.05, 3.63) is 90.1 Å². The second-order valence-corrected chi connectivity index (χ2v) is 9.45. The zero-order valence-electron chi connectivity index (χ0n) is 21.2. The Morgan fingerprint density at radius 3 is 2.42 bits per heavy atom. The first-order valence-corrected chi connectivity index (χ1v) is 12.8. The Kier molecular flexibility index (Phi) is 7.49. The van der Waals surface area contributed by atoms with E-state index in [1.165, 1.54) is 4.90 Å². The number of amides is 3. The number of ether oxygens (including phenoxy) is 1. The van der Waals surface area contributed by atoms with E-state index in [-0.39, 0.29) is 31.0 Å². The lowest BCUT2D eigenvalue weighted by molar-refractivity contribution is -0.138. The molecule has 0 spiro atoms. The van der Waals surface area contributed by atoms with Crippen molar-refractivity contribution in [2.45, 2.75) is 38.5 Å². The lowest BCUT2D eigenvalue weighted by Crippen LogP contribution is -2.49. The highest BCUT2D eigenvalue weighted by molar-refractivity contribution is 6.06. The number of pyridine rings is 1. The third-order valence-corrected chi connectivity index (χ3v) is 6.88. The van der Waals surface area contributed by atoms with Crippen molar-refractivity contribution in [2.24, 2.45) is 0 Å². The molecule has 1 aromatic heterocycles. The number of nitrogens with one attached hydrogen (secondary N) is 2. The predicted octanol–water partition coefficient (Wildman–Crippen LogP) is 4.48. The first-order valence-electron chi connectivity index (χ1n) is 12.8. The summed E-state index contributed by atoms with van der Waals surface area (Å²) >= 11 is 0. The molecule has 0 saturated carbocycles. The van der Waals surface area contributed by atoms with E-state index in [4.69, 9.17) is 9.72 Å². The quantitative estimate of drug-likeness (QED) is 0.357. The van der Waals surface area contributed by atoms with Crippen molar-refractivity contribution < 1.29 is 19.1 Å². The molecular weight excluding hydrogens is 480 g/mol. The molecule has 0 radical (unpaired) electrons. The summed E-state index contributed by atoms with van der Waals surface area (Å²) < 4.78 is 5.18. The highest BCUT2D eigenvalue weighted by atomic mass is 16.5. The van der Waals surface area contributed by atoms with Crippen LogP contribution in [0.4, 0.5) is 4.79 Å². The monoisotopic (exact) mass is 510 g/mol. The van der Waals surface area contributed by atoms with Crippen LogP contribution in [0.15, 0.2) is 78.9 Å². The molecule has 3 amide bonds. The van der Waals surface area contributed by atoms with E-state index < -0.39 is 12.1 Å². The van der Waals surface area contributed by atoms with E-state index in [0.717, 1.165) is 32.9 Å². The third kappa shape index (κ3) is 5.44. The molecule has 8 nitrogen and oxygen atoms in total. The third-order valence-electron chi connectivity index (χ3n) is 6.88. The Morgan fingerprint density at radius 1 is 0.947 bits per heavy atom. The number of rotatable bonds is 7. The Morgan fingerprint density at radius 2 is 1.63 bits per heavy atom. The predicted molar refractivity (Wildman–Crippen MR) is 145 cm³/mol. The Hall–Kier alpha value is -4.46. The summed E-state index contributed by atoms with van der Waals surface area (Å²) in [5, 5.41) is 8.70. The van der Waals surface area contributed by atoms with Gasteiger partial charge in [0.15, 0.2) is 0 Å². The molecule has 3 aromatic carbocycles. The number of carbonyl (C=O) groups is 3. The number of benzene rings is 3. The summed E-state index contributed by atoms with van der Waals surface area (Å²) in [6.07, 6.45) is 0.605. The van der Waals surface area contributed by atoms with Crippen LogP contribution in [0.3, 0.4) is 0 Å². The molecule has 2 heterocycles. The maximum absolute atomic E-state index is 13.3. The van der Waals surface area contributed by atoms with Gasteiger partial charge in [-0.25, -0.2) is 9.78 Å². The molecule has 194 valence electrons. The molecule has 2 atom stereocenters. The highest BCUT2D eigenvalue weighted by Crippen LogP contribution is 2.29. The van der Waals surface area contributed by atoms with Crippen LogP contribution in [0.25, 0.3) is 21.7 Å². The van der Waals surface area contributed by atoms with Crippen LogP contribution in [0, 0.1) is 0 Å². The number of likely N-dealkylation sites (tertiary alicyclic amines) is 1. The Balaban J connectivity index is 1.22. The summed E-state index contributed by atoms with van der Waals surface area (Å²) in [7, 11) is 0. The number of fused-ring (bicyclic) bond motifs is 3. The summed E-state index contributed by atoms with van der Waals surface area (Å²) in [4.78, 5) is 44.6.